The molecule has 2 heterocycles. The highest BCUT2D eigenvalue weighted by atomic mass is 19.4. The lowest BCUT2D eigenvalue weighted by Crippen LogP contribution is -2.23. The number of halogens is 3. The molecule has 0 spiro atoms. The smallest absolute Gasteiger partial charge is 0.396 e. The maximum atomic E-state index is 12.5. The van der Waals surface area contributed by atoms with Crippen molar-refractivity contribution in [2.24, 2.45) is 0 Å². The van der Waals surface area contributed by atoms with Crippen molar-refractivity contribution < 1.29 is 22.8 Å². The molecule has 0 saturated heterocycles. The van der Waals surface area contributed by atoms with Gasteiger partial charge in [-0.05, 0) is 11.6 Å². The molecule has 2 aromatic heterocycles. The van der Waals surface area contributed by atoms with Crippen LogP contribution in [0.1, 0.15) is 17.4 Å². The molecular weight excluding hydrogens is 351 g/mol. The van der Waals surface area contributed by atoms with Crippen LogP contribution in [-0.2, 0) is 12.7 Å². The second-order valence-electron chi connectivity index (χ2n) is 5.62. The van der Waals surface area contributed by atoms with Crippen LogP contribution in [0.15, 0.2) is 58.0 Å². The van der Waals surface area contributed by atoms with Crippen LogP contribution in [0, 0.1) is 0 Å². The lowest BCUT2D eigenvalue weighted by Gasteiger charge is -2.16. The normalized spacial score (nSPS) is 12.9. The highest BCUT2D eigenvalue weighted by Gasteiger charge is 2.38. The zero-order chi connectivity index (χ0) is 18.7. The maximum absolute atomic E-state index is 12.5. The summed E-state index contributed by atoms with van der Waals surface area (Å²) in [6.45, 7) is 0.0671. The minimum Gasteiger partial charge on any atom is -0.396 e. The Morgan fingerprint density at radius 1 is 1.19 bits per heavy atom. The van der Waals surface area contributed by atoms with Crippen molar-refractivity contribution in [1.82, 2.24) is 14.7 Å². The quantitative estimate of drug-likeness (QED) is 0.752. The first-order chi connectivity index (χ1) is 12.4. The number of rotatable bonds is 5. The summed E-state index contributed by atoms with van der Waals surface area (Å²) in [5.41, 5.74) is 0.542. The van der Waals surface area contributed by atoms with Crippen molar-refractivity contribution in [3.05, 3.63) is 70.5 Å². The molecule has 1 aromatic carbocycles. The maximum Gasteiger partial charge on any atom is 0.471 e. The molecule has 0 fully saturated rings. The number of hydrogen-bond acceptors (Lipinski definition) is 5. The summed E-state index contributed by atoms with van der Waals surface area (Å²) in [6.07, 6.45) is -3.32. The van der Waals surface area contributed by atoms with Gasteiger partial charge in [0.15, 0.2) is 0 Å². The molecule has 0 bridgehead atoms. The van der Waals surface area contributed by atoms with E-state index in [0.29, 0.717) is 0 Å². The molecule has 0 saturated carbocycles. The summed E-state index contributed by atoms with van der Waals surface area (Å²) in [5.74, 6) is -2.08. The molecule has 3 aromatic rings. The molecule has 1 unspecified atom stereocenters. The number of hydrogen-bond donors (Lipinski definition) is 1. The Kier molecular flexibility index (Phi) is 4.90. The molecule has 0 radical (unpaired) electrons. The number of benzene rings is 1. The van der Waals surface area contributed by atoms with Gasteiger partial charge in [0.2, 0.25) is 5.82 Å². The Labute approximate surface area is 145 Å². The Balaban J connectivity index is 1.84. The second kappa shape index (κ2) is 7.12. The van der Waals surface area contributed by atoms with Gasteiger partial charge in [0.1, 0.15) is 0 Å². The highest BCUT2D eigenvalue weighted by Crippen LogP contribution is 2.29. The molecule has 6 nitrogen and oxygen atoms in total. The van der Waals surface area contributed by atoms with Gasteiger partial charge in [0.25, 0.3) is 5.56 Å². The Morgan fingerprint density at radius 3 is 2.50 bits per heavy atom. The number of aromatic nitrogens is 3. The fourth-order valence-corrected chi connectivity index (χ4v) is 2.48. The number of aliphatic hydroxyl groups excluding tert-OH is 1. The summed E-state index contributed by atoms with van der Waals surface area (Å²) >= 11 is 0. The number of nitrogens with zero attached hydrogens (tertiary/aromatic N) is 3. The molecule has 1 N–H and O–H groups in total. The van der Waals surface area contributed by atoms with E-state index in [-0.39, 0.29) is 30.5 Å². The van der Waals surface area contributed by atoms with Gasteiger partial charge in [0, 0.05) is 30.3 Å². The zero-order valence-electron chi connectivity index (χ0n) is 13.3. The number of alkyl halides is 3. The monoisotopic (exact) mass is 365 g/mol. The van der Waals surface area contributed by atoms with Crippen LogP contribution in [0.5, 0.6) is 0 Å². The van der Waals surface area contributed by atoms with E-state index >= 15 is 0 Å². The van der Waals surface area contributed by atoms with E-state index in [1.807, 2.05) is 30.3 Å². The highest BCUT2D eigenvalue weighted by molar-refractivity contribution is 5.52. The Morgan fingerprint density at radius 2 is 1.92 bits per heavy atom. The summed E-state index contributed by atoms with van der Waals surface area (Å²) in [4.78, 5) is 15.5. The van der Waals surface area contributed by atoms with Crippen LogP contribution in [-0.4, -0.2) is 26.4 Å². The Hall–Kier alpha value is -2.94. The van der Waals surface area contributed by atoms with Gasteiger partial charge < -0.3 is 14.2 Å². The first-order valence-corrected chi connectivity index (χ1v) is 7.66. The molecule has 0 aliphatic carbocycles. The van der Waals surface area contributed by atoms with E-state index in [0.717, 1.165) is 11.6 Å². The van der Waals surface area contributed by atoms with Gasteiger partial charge in [-0.2, -0.15) is 18.2 Å². The molecule has 26 heavy (non-hydrogen) atoms. The largest absolute Gasteiger partial charge is 0.471 e. The van der Waals surface area contributed by atoms with E-state index in [1.54, 1.807) is 0 Å². The van der Waals surface area contributed by atoms with Crippen molar-refractivity contribution in [3.63, 3.8) is 0 Å². The Bertz CT molecular complexity index is 935. The van der Waals surface area contributed by atoms with E-state index in [9.17, 15) is 23.1 Å². The van der Waals surface area contributed by atoms with Crippen LogP contribution in [0.4, 0.5) is 13.2 Å². The summed E-state index contributed by atoms with van der Waals surface area (Å²) in [5, 5.41) is 12.8. The second-order valence-corrected chi connectivity index (χ2v) is 5.62. The van der Waals surface area contributed by atoms with Crippen molar-refractivity contribution in [2.75, 3.05) is 6.61 Å². The topological polar surface area (TPSA) is 81.2 Å². The third-order valence-corrected chi connectivity index (χ3v) is 3.83. The molecule has 0 amide bonds. The van der Waals surface area contributed by atoms with Crippen molar-refractivity contribution in [2.45, 2.75) is 18.6 Å². The van der Waals surface area contributed by atoms with E-state index in [4.69, 9.17) is 0 Å². The van der Waals surface area contributed by atoms with Crippen LogP contribution in [0.3, 0.4) is 0 Å². The number of aliphatic hydroxyl groups is 1. The molecule has 1 atom stereocenters. The SMILES string of the molecule is O=c1cc(-c2noc(C(F)(F)F)n2)ccn1CC(CO)c1ccccc1. The third-order valence-electron chi connectivity index (χ3n) is 3.83. The van der Waals surface area contributed by atoms with E-state index in [2.05, 4.69) is 14.7 Å². The summed E-state index contributed by atoms with van der Waals surface area (Å²) in [6, 6.07) is 11.8. The van der Waals surface area contributed by atoms with Gasteiger partial charge in [-0.3, -0.25) is 4.79 Å². The summed E-state index contributed by atoms with van der Waals surface area (Å²) in [7, 11) is 0. The van der Waals surface area contributed by atoms with E-state index in [1.165, 1.54) is 16.8 Å². The fraction of sp³-hybridized carbons (Fsp3) is 0.235. The van der Waals surface area contributed by atoms with Crippen LogP contribution >= 0.6 is 0 Å². The average molecular weight is 365 g/mol. The molecule has 0 aliphatic rings. The van der Waals surface area contributed by atoms with E-state index < -0.39 is 17.6 Å². The average Bonchev–Trinajstić information content (AvgIpc) is 3.12. The zero-order valence-corrected chi connectivity index (χ0v) is 13.3. The first-order valence-electron chi connectivity index (χ1n) is 7.66. The van der Waals surface area contributed by atoms with Gasteiger partial charge in [-0.15, -0.1) is 0 Å². The van der Waals surface area contributed by atoms with Gasteiger partial charge >= 0.3 is 12.1 Å². The van der Waals surface area contributed by atoms with Gasteiger partial charge in [-0.1, -0.05) is 35.5 Å². The summed E-state index contributed by atoms with van der Waals surface area (Å²) < 4.78 is 43.1. The standard InChI is InChI=1S/C17H14F3N3O3/c18-17(19,20)16-21-15(22-26-16)12-6-7-23(14(25)8-12)9-13(10-24)11-4-2-1-3-5-11/h1-8,13,24H,9-10H2. The van der Waals surface area contributed by atoms with Crippen LogP contribution in [0.25, 0.3) is 11.4 Å². The molecular formula is C17H14F3N3O3. The third kappa shape index (κ3) is 3.83. The van der Waals surface area contributed by atoms with Crippen LogP contribution < -0.4 is 5.56 Å². The fourth-order valence-electron chi connectivity index (χ4n) is 2.48. The van der Waals surface area contributed by atoms with Crippen molar-refractivity contribution >= 4 is 0 Å². The minimum atomic E-state index is -4.75. The van der Waals surface area contributed by atoms with Crippen LogP contribution in [0.2, 0.25) is 0 Å². The van der Waals surface area contributed by atoms with Gasteiger partial charge in [-0.25, -0.2) is 0 Å². The number of pyridine rings is 1. The predicted octanol–water partition coefficient (Wildman–Crippen LogP) is 2.69. The predicted molar refractivity (Wildman–Crippen MR) is 85.3 cm³/mol. The van der Waals surface area contributed by atoms with Crippen molar-refractivity contribution in [1.29, 1.82) is 0 Å². The minimum absolute atomic E-state index is 0.116. The molecule has 3 rings (SSSR count). The lowest BCUT2D eigenvalue weighted by molar-refractivity contribution is -0.159. The molecule has 0 aliphatic heterocycles. The van der Waals surface area contributed by atoms with Crippen molar-refractivity contribution in [3.8, 4) is 11.4 Å². The van der Waals surface area contributed by atoms with Gasteiger partial charge in [0.05, 0.1) is 6.61 Å². The molecule has 9 heteroatoms. The lowest BCUT2D eigenvalue weighted by atomic mass is 10.00. The first kappa shape index (κ1) is 17.9. The molecule has 136 valence electrons.